The van der Waals surface area contributed by atoms with Gasteiger partial charge in [0.15, 0.2) is 9.84 Å². The summed E-state index contributed by atoms with van der Waals surface area (Å²) in [4.78, 5) is 15.6. The van der Waals surface area contributed by atoms with E-state index in [1.165, 1.54) is 30.6 Å². The Hall–Kier alpha value is -2.22. The van der Waals surface area contributed by atoms with Crippen LogP contribution in [0, 0.1) is 0 Å². The third-order valence-electron chi connectivity index (χ3n) is 2.48. The molecule has 100 valence electrons. The highest BCUT2D eigenvalue weighted by Crippen LogP contribution is 2.15. The minimum atomic E-state index is -3.23. The summed E-state index contributed by atoms with van der Waals surface area (Å²) in [5.41, 5.74) is 0.483. The Morgan fingerprint density at radius 1 is 1.32 bits per heavy atom. The first-order chi connectivity index (χ1) is 9.03. The average molecular weight is 280 g/mol. The van der Waals surface area contributed by atoms with E-state index in [2.05, 4.69) is 20.5 Å². The quantitative estimate of drug-likeness (QED) is 0.863. The summed E-state index contributed by atoms with van der Waals surface area (Å²) in [6, 6.07) is 5.96. The first kappa shape index (κ1) is 13.2. The van der Waals surface area contributed by atoms with Crippen molar-refractivity contribution in [2.24, 2.45) is 0 Å². The molecule has 0 atom stereocenters. The molecule has 1 aromatic carbocycles. The van der Waals surface area contributed by atoms with Crippen molar-refractivity contribution in [1.82, 2.24) is 15.2 Å². The minimum absolute atomic E-state index is 0.0385. The normalized spacial score (nSPS) is 11.2. The van der Waals surface area contributed by atoms with E-state index in [9.17, 15) is 13.2 Å². The Balaban J connectivity index is 2.14. The fourth-order valence-corrected chi connectivity index (χ4v) is 2.30. The summed E-state index contributed by atoms with van der Waals surface area (Å²) in [6.45, 7) is 1.58. The van der Waals surface area contributed by atoms with Gasteiger partial charge in [0.05, 0.1) is 10.6 Å². The van der Waals surface area contributed by atoms with E-state index in [0.29, 0.717) is 5.69 Å². The van der Waals surface area contributed by atoms with Crippen molar-refractivity contribution in [3.63, 3.8) is 0 Å². The zero-order chi connectivity index (χ0) is 13.9. The van der Waals surface area contributed by atoms with Gasteiger partial charge in [0.2, 0.25) is 5.82 Å². The van der Waals surface area contributed by atoms with E-state index >= 15 is 0 Å². The molecule has 0 aliphatic rings. The van der Waals surface area contributed by atoms with Crippen molar-refractivity contribution in [1.29, 1.82) is 0 Å². The summed E-state index contributed by atoms with van der Waals surface area (Å²) >= 11 is 0. The van der Waals surface area contributed by atoms with Gasteiger partial charge < -0.3 is 5.32 Å². The molecule has 1 amide bonds. The molecule has 0 bridgehead atoms. The van der Waals surface area contributed by atoms with E-state index in [0.717, 1.165) is 0 Å². The number of rotatable bonds is 4. The molecule has 19 heavy (non-hydrogen) atoms. The number of anilines is 1. The van der Waals surface area contributed by atoms with Crippen molar-refractivity contribution in [2.45, 2.75) is 11.8 Å². The molecule has 0 fully saturated rings. The smallest absolute Gasteiger partial charge is 0.292 e. The van der Waals surface area contributed by atoms with Gasteiger partial charge in [-0.15, -0.1) is 0 Å². The van der Waals surface area contributed by atoms with E-state index in [1.807, 2.05) is 0 Å². The number of aromatic amines is 1. The van der Waals surface area contributed by atoms with Crippen LogP contribution in [-0.4, -0.2) is 35.3 Å². The van der Waals surface area contributed by atoms with Crippen LogP contribution in [-0.2, 0) is 9.84 Å². The lowest BCUT2D eigenvalue weighted by molar-refractivity contribution is 0.101. The number of aromatic nitrogens is 3. The van der Waals surface area contributed by atoms with Crippen LogP contribution in [0.4, 0.5) is 5.69 Å². The Morgan fingerprint density at radius 2 is 2.00 bits per heavy atom. The second-order valence-electron chi connectivity index (χ2n) is 3.72. The molecule has 8 heteroatoms. The van der Waals surface area contributed by atoms with E-state index in [-0.39, 0.29) is 16.5 Å². The third-order valence-corrected chi connectivity index (χ3v) is 4.23. The zero-order valence-corrected chi connectivity index (χ0v) is 10.9. The Kier molecular flexibility index (Phi) is 3.61. The van der Waals surface area contributed by atoms with Crippen LogP contribution < -0.4 is 5.32 Å². The van der Waals surface area contributed by atoms with Crippen LogP contribution in [0.5, 0.6) is 0 Å². The molecule has 0 saturated heterocycles. The average Bonchev–Trinajstić information content (AvgIpc) is 2.93. The molecule has 0 saturated carbocycles. The number of hydrogen-bond acceptors (Lipinski definition) is 5. The van der Waals surface area contributed by atoms with Gasteiger partial charge in [-0.2, -0.15) is 5.10 Å². The van der Waals surface area contributed by atoms with Crippen molar-refractivity contribution in [2.75, 3.05) is 11.1 Å². The van der Waals surface area contributed by atoms with Gasteiger partial charge in [0.1, 0.15) is 6.33 Å². The molecule has 2 aromatic rings. The predicted molar refractivity (Wildman–Crippen MR) is 68.5 cm³/mol. The third kappa shape index (κ3) is 2.97. The van der Waals surface area contributed by atoms with Gasteiger partial charge >= 0.3 is 0 Å². The lowest BCUT2D eigenvalue weighted by Crippen LogP contribution is -2.13. The number of carbonyl (C=O) groups is 1. The molecule has 2 N–H and O–H groups in total. The molecule has 1 heterocycles. The van der Waals surface area contributed by atoms with Crippen LogP contribution in [0.2, 0.25) is 0 Å². The van der Waals surface area contributed by atoms with Gasteiger partial charge in [-0.25, -0.2) is 13.4 Å². The maximum atomic E-state index is 11.7. The Labute approximate surface area is 110 Å². The van der Waals surface area contributed by atoms with Crippen LogP contribution in [0.25, 0.3) is 0 Å². The fourth-order valence-electron chi connectivity index (χ4n) is 1.42. The molecule has 2 rings (SSSR count). The second kappa shape index (κ2) is 5.19. The largest absolute Gasteiger partial charge is 0.319 e. The molecule has 0 aliphatic carbocycles. The van der Waals surface area contributed by atoms with Crippen LogP contribution in [0.3, 0.4) is 0 Å². The van der Waals surface area contributed by atoms with Crippen LogP contribution in [0.1, 0.15) is 17.5 Å². The molecule has 0 aliphatic heterocycles. The number of carbonyl (C=O) groups excluding carboxylic acids is 1. The molecule has 7 nitrogen and oxygen atoms in total. The fraction of sp³-hybridized carbons (Fsp3) is 0.182. The number of hydrogen-bond donors (Lipinski definition) is 2. The highest BCUT2D eigenvalue weighted by Gasteiger charge is 2.12. The van der Waals surface area contributed by atoms with Crippen LogP contribution >= 0.6 is 0 Å². The molecular weight excluding hydrogens is 268 g/mol. The highest BCUT2D eigenvalue weighted by atomic mass is 32.2. The number of nitrogens with one attached hydrogen (secondary N) is 2. The number of amides is 1. The molecule has 0 spiro atoms. The lowest BCUT2D eigenvalue weighted by atomic mass is 10.3. The number of nitrogens with zero attached hydrogens (tertiary/aromatic N) is 2. The maximum absolute atomic E-state index is 11.7. The first-order valence-electron chi connectivity index (χ1n) is 5.52. The monoisotopic (exact) mass is 280 g/mol. The zero-order valence-electron chi connectivity index (χ0n) is 10.1. The van der Waals surface area contributed by atoms with Crippen molar-refractivity contribution in [3.8, 4) is 0 Å². The number of H-pyrrole nitrogens is 1. The first-order valence-corrected chi connectivity index (χ1v) is 7.17. The highest BCUT2D eigenvalue weighted by molar-refractivity contribution is 7.91. The molecule has 1 aromatic heterocycles. The lowest BCUT2D eigenvalue weighted by Gasteiger charge is -2.05. The van der Waals surface area contributed by atoms with Gasteiger partial charge in [-0.05, 0) is 24.3 Å². The summed E-state index contributed by atoms with van der Waals surface area (Å²) in [7, 11) is -3.23. The van der Waals surface area contributed by atoms with Crippen LogP contribution in [0.15, 0.2) is 35.5 Å². The predicted octanol–water partition coefficient (Wildman–Crippen LogP) is 0.851. The molecule has 0 unspecified atom stereocenters. The van der Waals surface area contributed by atoms with E-state index in [1.54, 1.807) is 6.92 Å². The summed E-state index contributed by atoms with van der Waals surface area (Å²) < 4.78 is 23.2. The number of benzene rings is 1. The summed E-state index contributed by atoms with van der Waals surface area (Å²) in [5, 5.41) is 8.57. The minimum Gasteiger partial charge on any atom is -0.319 e. The molecule has 0 radical (unpaired) electrons. The van der Waals surface area contributed by atoms with Crippen molar-refractivity contribution < 1.29 is 13.2 Å². The standard InChI is InChI=1S/C11H12N4O3S/c1-2-19(17,18)9-5-3-8(4-6-9)14-11(16)10-12-7-13-15-10/h3-7H,2H2,1H3,(H,14,16)(H,12,13,15). The van der Waals surface area contributed by atoms with Crippen molar-refractivity contribution in [3.05, 3.63) is 36.4 Å². The second-order valence-corrected chi connectivity index (χ2v) is 5.99. The summed E-state index contributed by atoms with van der Waals surface area (Å²) in [5.74, 6) is -0.314. The number of sulfone groups is 1. The summed E-state index contributed by atoms with van der Waals surface area (Å²) in [6.07, 6.45) is 1.23. The van der Waals surface area contributed by atoms with Crippen molar-refractivity contribution >= 4 is 21.4 Å². The van der Waals surface area contributed by atoms with Gasteiger partial charge in [-0.3, -0.25) is 9.89 Å². The van der Waals surface area contributed by atoms with E-state index < -0.39 is 15.7 Å². The topological polar surface area (TPSA) is 105 Å². The SMILES string of the molecule is CCS(=O)(=O)c1ccc(NC(=O)c2ncn[nH]2)cc1. The Morgan fingerprint density at radius 3 is 2.53 bits per heavy atom. The Bertz CT molecular complexity index is 662. The van der Waals surface area contributed by atoms with Gasteiger partial charge in [0, 0.05) is 5.69 Å². The van der Waals surface area contributed by atoms with E-state index in [4.69, 9.17) is 0 Å². The molecular formula is C11H12N4O3S. The van der Waals surface area contributed by atoms with Gasteiger partial charge in [-0.1, -0.05) is 6.92 Å². The van der Waals surface area contributed by atoms with Gasteiger partial charge in [0.25, 0.3) is 5.91 Å². The maximum Gasteiger partial charge on any atom is 0.292 e.